The van der Waals surface area contributed by atoms with Gasteiger partial charge in [0.15, 0.2) is 5.16 Å². The number of phenols is 1. The van der Waals surface area contributed by atoms with Crippen LogP contribution in [0.1, 0.15) is 47.8 Å². The number of nitrogens with zero attached hydrogens (tertiary/aromatic N) is 2. The number of benzene rings is 3. The number of aryl methyl sites for hydroxylation is 2. The van der Waals surface area contributed by atoms with Crippen molar-refractivity contribution < 1.29 is 22.7 Å². The SMILES string of the molecule is Cc1cc(C2(C)CCCc3nc(SCc4c(F)cc(O)cc4F)n(-c4ccc(F)cc4)c32)ccc1F. The van der Waals surface area contributed by atoms with Crippen molar-refractivity contribution in [2.75, 3.05) is 0 Å². The number of halogens is 4. The van der Waals surface area contributed by atoms with Crippen molar-refractivity contribution in [2.24, 2.45) is 0 Å². The molecule has 1 N–H and O–H groups in total. The zero-order valence-corrected chi connectivity index (χ0v) is 20.6. The Bertz CT molecular complexity index is 1430. The minimum Gasteiger partial charge on any atom is -0.508 e. The molecular formula is C28H24F4N2OS. The number of aromatic nitrogens is 2. The monoisotopic (exact) mass is 512 g/mol. The first-order valence-electron chi connectivity index (χ1n) is 11.6. The van der Waals surface area contributed by atoms with Crippen molar-refractivity contribution >= 4 is 11.8 Å². The molecule has 4 aromatic rings. The first-order chi connectivity index (χ1) is 17.2. The quantitative estimate of drug-likeness (QED) is 0.224. The summed E-state index contributed by atoms with van der Waals surface area (Å²) in [7, 11) is 0. The van der Waals surface area contributed by atoms with Crippen molar-refractivity contribution in [1.29, 1.82) is 0 Å². The van der Waals surface area contributed by atoms with Crippen LogP contribution in [-0.4, -0.2) is 14.7 Å². The topological polar surface area (TPSA) is 38.1 Å². The number of imidazole rings is 1. The summed E-state index contributed by atoms with van der Waals surface area (Å²) in [5, 5.41) is 9.99. The van der Waals surface area contributed by atoms with Crippen LogP contribution >= 0.6 is 11.8 Å². The maximum atomic E-state index is 14.4. The lowest BCUT2D eigenvalue weighted by atomic mass is 9.71. The van der Waals surface area contributed by atoms with Crippen LogP contribution in [0.4, 0.5) is 17.6 Å². The van der Waals surface area contributed by atoms with E-state index in [1.54, 1.807) is 25.1 Å². The van der Waals surface area contributed by atoms with E-state index in [2.05, 4.69) is 6.92 Å². The zero-order chi connectivity index (χ0) is 25.6. The maximum absolute atomic E-state index is 14.4. The molecule has 3 nitrogen and oxygen atoms in total. The molecule has 1 unspecified atom stereocenters. The Morgan fingerprint density at radius 2 is 1.67 bits per heavy atom. The minimum atomic E-state index is -0.837. The van der Waals surface area contributed by atoms with E-state index in [0.717, 1.165) is 60.1 Å². The highest BCUT2D eigenvalue weighted by Crippen LogP contribution is 2.46. The summed E-state index contributed by atoms with van der Waals surface area (Å²) in [6, 6.07) is 12.9. The summed E-state index contributed by atoms with van der Waals surface area (Å²) in [4.78, 5) is 4.87. The largest absolute Gasteiger partial charge is 0.508 e. The predicted molar refractivity (Wildman–Crippen MR) is 132 cm³/mol. The molecule has 0 aliphatic heterocycles. The Labute approximate surface area is 210 Å². The minimum absolute atomic E-state index is 0.0542. The fraction of sp³-hybridized carbons (Fsp3) is 0.250. The number of phenolic OH excluding ortho intramolecular Hbond substituents is 1. The normalized spacial score (nSPS) is 17.3. The van der Waals surface area contributed by atoms with Gasteiger partial charge in [-0.2, -0.15) is 0 Å². The van der Waals surface area contributed by atoms with Crippen molar-refractivity contribution in [2.45, 2.75) is 49.4 Å². The van der Waals surface area contributed by atoms with Gasteiger partial charge in [0.1, 0.15) is 29.0 Å². The molecule has 5 rings (SSSR count). The molecule has 0 saturated heterocycles. The van der Waals surface area contributed by atoms with Gasteiger partial charge >= 0.3 is 0 Å². The van der Waals surface area contributed by atoms with Crippen molar-refractivity contribution in [1.82, 2.24) is 9.55 Å². The van der Waals surface area contributed by atoms with Crippen LogP contribution in [0.2, 0.25) is 0 Å². The van der Waals surface area contributed by atoms with Crippen LogP contribution in [-0.2, 0) is 17.6 Å². The zero-order valence-electron chi connectivity index (χ0n) is 19.8. The lowest BCUT2D eigenvalue weighted by Crippen LogP contribution is -2.31. The molecule has 0 amide bonds. The summed E-state index contributed by atoms with van der Waals surface area (Å²) in [6.45, 7) is 3.82. The van der Waals surface area contributed by atoms with Crippen molar-refractivity contribution in [3.05, 3.63) is 106 Å². The molecular weight excluding hydrogens is 488 g/mol. The van der Waals surface area contributed by atoms with Crippen LogP contribution in [0.5, 0.6) is 5.75 Å². The summed E-state index contributed by atoms with van der Waals surface area (Å²) in [5.74, 6) is -2.87. The smallest absolute Gasteiger partial charge is 0.173 e. The molecule has 3 aromatic carbocycles. The number of hydrogen-bond donors (Lipinski definition) is 1. The number of rotatable bonds is 5. The van der Waals surface area contributed by atoms with E-state index in [1.807, 2.05) is 10.6 Å². The van der Waals surface area contributed by atoms with Gasteiger partial charge in [0.25, 0.3) is 0 Å². The van der Waals surface area contributed by atoms with E-state index in [-0.39, 0.29) is 23.0 Å². The van der Waals surface area contributed by atoms with Gasteiger partial charge in [0.05, 0.1) is 11.4 Å². The Morgan fingerprint density at radius 3 is 2.33 bits per heavy atom. The van der Waals surface area contributed by atoms with Gasteiger partial charge in [-0.1, -0.05) is 23.9 Å². The van der Waals surface area contributed by atoms with E-state index in [1.165, 1.54) is 18.2 Å². The van der Waals surface area contributed by atoms with Crippen LogP contribution in [0, 0.1) is 30.2 Å². The van der Waals surface area contributed by atoms with E-state index in [4.69, 9.17) is 4.98 Å². The predicted octanol–water partition coefficient (Wildman–Crippen LogP) is 7.38. The number of thioether (sulfide) groups is 1. The molecule has 0 radical (unpaired) electrons. The Balaban J connectivity index is 1.66. The highest BCUT2D eigenvalue weighted by atomic mass is 32.2. The average Bonchev–Trinajstić information content (AvgIpc) is 3.20. The Hall–Kier alpha value is -3.26. The molecule has 8 heteroatoms. The Morgan fingerprint density at radius 1 is 0.972 bits per heavy atom. The van der Waals surface area contributed by atoms with Crippen molar-refractivity contribution in [3.8, 4) is 11.4 Å². The van der Waals surface area contributed by atoms with Gasteiger partial charge in [0.2, 0.25) is 0 Å². The highest BCUT2D eigenvalue weighted by Gasteiger charge is 2.39. The maximum Gasteiger partial charge on any atom is 0.173 e. The standard InChI is InChI=1S/C28H24F4N2OS/c1-16-12-17(5-10-22(16)30)28(2)11-3-4-25-26(28)34(19-8-6-18(29)7-9-19)27(33-25)36-15-21-23(31)13-20(35)14-24(21)32/h5-10,12-14,35H,3-4,11,15H2,1-2H3. The first-order valence-corrected chi connectivity index (χ1v) is 12.6. The van der Waals surface area contributed by atoms with E-state index >= 15 is 0 Å². The summed E-state index contributed by atoms with van der Waals surface area (Å²) in [6.07, 6.45) is 2.38. The molecule has 1 aromatic heterocycles. The molecule has 0 bridgehead atoms. The van der Waals surface area contributed by atoms with Gasteiger partial charge < -0.3 is 5.11 Å². The van der Waals surface area contributed by atoms with Gasteiger partial charge in [-0.25, -0.2) is 22.5 Å². The van der Waals surface area contributed by atoms with Crippen LogP contribution in [0.25, 0.3) is 5.69 Å². The van der Waals surface area contributed by atoms with E-state index < -0.39 is 22.8 Å². The van der Waals surface area contributed by atoms with Crippen LogP contribution < -0.4 is 0 Å². The molecule has 186 valence electrons. The molecule has 1 aliphatic rings. The molecule has 1 atom stereocenters. The fourth-order valence-corrected chi connectivity index (χ4v) is 6.02. The third-order valence-electron chi connectivity index (χ3n) is 6.88. The van der Waals surface area contributed by atoms with E-state index in [9.17, 15) is 22.7 Å². The summed E-state index contributed by atoms with van der Waals surface area (Å²) in [5.41, 5.74) is 3.23. The van der Waals surface area contributed by atoms with Gasteiger partial charge in [-0.3, -0.25) is 4.57 Å². The fourth-order valence-electron chi connectivity index (χ4n) is 4.97. The molecule has 36 heavy (non-hydrogen) atoms. The lowest BCUT2D eigenvalue weighted by Gasteiger charge is -2.36. The molecule has 1 heterocycles. The van der Waals surface area contributed by atoms with Crippen LogP contribution in [0.3, 0.4) is 0 Å². The second kappa shape index (κ2) is 9.32. The molecule has 0 spiro atoms. The Kier molecular flexibility index (Phi) is 6.32. The number of hydrogen-bond acceptors (Lipinski definition) is 3. The summed E-state index contributed by atoms with van der Waals surface area (Å²) < 4.78 is 58.6. The van der Waals surface area contributed by atoms with Gasteiger partial charge in [0, 0.05) is 34.6 Å². The third kappa shape index (κ3) is 4.28. The van der Waals surface area contributed by atoms with E-state index in [0.29, 0.717) is 16.4 Å². The third-order valence-corrected chi connectivity index (χ3v) is 7.85. The average molecular weight is 513 g/mol. The van der Waals surface area contributed by atoms with Crippen LogP contribution in [0.15, 0.2) is 59.8 Å². The van der Waals surface area contributed by atoms with Crippen molar-refractivity contribution in [3.63, 3.8) is 0 Å². The second-order valence-corrected chi connectivity index (χ2v) is 10.3. The summed E-state index contributed by atoms with van der Waals surface area (Å²) >= 11 is 1.16. The molecule has 1 aliphatic carbocycles. The molecule has 0 fully saturated rings. The number of fused-ring (bicyclic) bond motifs is 1. The number of aromatic hydroxyl groups is 1. The van der Waals surface area contributed by atoms with Gasteiger partial charge in [-0.15, -0.1) is 0 Å². The lowest BCUT2D eigenvalue weighted by molar-refractivity contribution is 0.441. The highest BCUT2D eigenvalue weighted by molar-refractivity contribution is 7.98. The second-order valence-electron chi connectivity index (χ2n) is 9.33. The van der Waals surface area contributed by atoms with Gasteiger partial charge in [-0.05, 0) is 74.6 Å². The first kappa shape index (κ1) is 24.4. The molecule has 0 saturated carbocycles.